The summed E-state index contributed by atoms with van der Waals surface area (Å²) in [5, 5.41) is 0. The quantitative estimate of drug-likeness (QED) is 0.113. The van der Waals surface area contributed by atoms with Gasteiger partial charge in [0.15, 0.2) is 0 Å². The van der Waals surface area contributed by atoms with Crippen molar-refractivity contribution < 1.29 is 0 Å². The van der Waals surface area contributed by atoms with Gasteiger partial charge in [-0.25, -0.2) is 0 Å². The number of benzene rings is 9. The van der Waals surface area contributed by atoms with Gasteiger partial charge in [-0.05, 0) is 154 Å². The summed E-state index contributed by atoms with van der Waals surface area (Å²) in [7, 11) is 0. The van der Waals surface area contributed by atoms with Crippen LogP contribution in [0.5, 0.6) is 0 Å². The maximum atomic E-state index is 4.35. The maximum Gasteiger partial charge on any atom is 0.0715 e. The predicted molar refractivity (Wildman–Crippen MR) is 276 cm³/mol. The summed E-state index contributed by atoms with van der Waals surface area (Å²) in [4.78, 5) is 4.69. The third-order valence-corrected chi connectivity index (χ3v) is 12.7. The highest BCUT2D eigenvalue weighted by Gasteiger charge is 2.47. The van der Waals surface area contributed by atoms with Crippen LogP contribution in [0.2, 0.25) is 0 Å². The molecule has 0 heterocycles. The Morgan fingerprint density at radius 1 is 0.400 bits per heavy atom. The Kier molecular flexibility index (Phi) is 11.0. The van der Waals surface area contributed by atoms with Crippen molar-refractivity contribution in [3.05, 3.63) is 295 Å². The van der Waals surface area contributed by atoms with Gasteiger partial charge < -0.3 is 9.80 Å². The highest BCUT2D eigenvalue weighted by Crippen LogP contribution is 2.59. The molecule has 0 N–H and O–H groups in total. The Labute approximate surface area is 384 Å². The molecule has 1 aliphatic rings. The minimum absolute atomic E-state index is 0.778. The molecule has 312 valence electrons. The molecule has 0 fully saturated rings. The van der Waals surface area contributed by atoms with Gasteiger partial charge in [0.2, 0.25) is 0 Å². The van der Waals surface area contributed by atoms with Crippen molar-refractivity contribution in [1.82, 2.24) is 0 Å². The number of anilines is 5. The molecule has 0 atom stereocenters. The Hall–Kier alpha value is -8.20. The van der Waals surface area contributed by atoms with E-state index in [0.29, 0.717) is 0 Å². The second-order valence-electron chi connectivity index (χ2n) is 16.8. The van der Waals surface area contributed by atoms with Crippen LogP contribution in [0.4, 0.5) is 28.4 Å². The molecule has 0 radical (unpaired) electrons. The van der Waals surface area contributed by atoms with Crippen LogP contribution in [0, 0.1) is 13.8 Å². The van der Waals surface area contributed by atoms with Gasteiger partial charge in [-0.2, -0.15) is 0 Å². The van der Waals surface area contributed by atoms with Crippen molar-refractivity contribution in [1.29, 1.82) is 0 Å². The van der Waals surface area contributed by atoms with Crippen LogP contribution in [-0.4, -0.2) is 0 Å². The Morgan fingerprint density at radius 3 is 1.29 bits per heavy atom. The molecular weight excluding hydrogens is 785 g/mol. The van der Waals surface area contributed by atoms with Gasteiger partial charge in [0.1, 0.15) is 0 Å². The molecule has 0 saturated heterocycles. The first kappa shape index (κ1) is 40.8. The number of aryl methyl sites for hydroxylation is 2. The number of hydrogen-bond donors (Lipinski definition) is 0. The molecule has 0 unspecified atom stereocenters. The van der Waals surface area contributed by atoms with E-state index in [-0.39, 0.29) is 0 Å². The first-order valence-corrected chi connectivity index (χ1v) is 22.3. The summed E-state index contributed by atoms with van der Waals surface area (Å²) in [6.45, 7) is 12.9. The zero-order valence-electron chi connectivity index (χ0n) is 36.9. The number of rotatable bonds is 12. The van der Waals surface area contributed by atoms with E-state index in [2.05, 4.69) is 261 Å². The Morgan fingerprint density at radius 2 is 0.831 bits per heavy atom. The third kappa shape index (κ3) is 7.49. The fraction of sp³-hybridized carbons (Fsp3) is 0.0476. The summed E-state index contributed by atoms with van der Waals surface area (Å²) < 4.78 is 0. The van der Waals surface area contributed by atoms with Crippen molar-refractivity contribution in [3.63, 3.8) is 0 Å². The van der Waals surface area contributed by atoms with Gasteiger partial charge in [0, 0.05) is 34.1 Å². The third-order valence-electron chi connectivity index (χ3n) is 12.7. The molecule has 1 aliphatic carbocycles. The van der Waals surface area contributed by atoms with E-state index in [4.69, 9.17) is 0 Å². The maximum absolute atomic E-state index is 4.35. The summed E-state index contributed by atoms with van der Waals surface area (Å²) in [6.07, 6.45) is 5.80. The number of fused-ring (bicyclic) bond motifs is 3. The molecule has 9 aromatic rings. The van der Waals surface area contributed by atoms with Crippen LogP contribution < -0.4 is 9.80 Å². The standard InChI is InChI=1S/C63H50N2/c1-5-22-53(6-2)64(54-27-16-9-17-28-54)57-42-52(43-58(44-57)65(55-29-18-10-19-30-55)56-31-20-11-21-32-56)63(61-37-45(3)33-35-59(61)60-36-34-46(4)38-62(60)63)51-40-49(47-23-12-7-13-24-47)39-50(41-51)48-25-14-8-15-26-48/h5-44H,1-2H2,3-4H3/b53-22+. The lowest BCUT2D eigenvalue weighted by Gasteiger charge is -2.38. The zero-order valence-corrected chi connectivity index (χ0v) is 36.9. The first-order valence-electron chi connectivity index (χ1n) is 22.3. The number of allylic oxidation sites excluding steroid dienone is 3. The van der Waals surface area contributed by atoms with E-state index in [1.54, 1.807) is 0 Å². The molecule has 2 heteroatoms. The molecule has 0 aromatic heterocycles. The van der Waals surface area contributed by atoms with Gasteiger partial charge in [-0.3, -0.25) is 0 Å². The van der Waals surface area contributed by atoms with Crippen LogP contribution in [0.25, 0.3) is 33.4 Å². The van der Waals surface area contributed by atoms with E-state index >= 15 is 0 Å². The lowest BCUT2D eigenvalue weighted by Crippen LogP contribution is -2.30. The topological polar surface area (TPSA) is 6.48 Å². The molecule has 65 heavy (non-hydrogen) atoms. The summed E-state index contributed by atoms with van der Waals surface area (Å²) in [6, 6.07) is 82.1. The van der Waals surface area contributed by atoms with Crippen molar-refractivity contribution >= 4 is 28.4 Å². The van der Waals surface area contributed by atoms with Crippen LogP contribution in [-0.2, 0) is 5.41 Å². The van der Waals surface area contributed by atoms with Crippen LogP contribution in [0.1, 0.15) is 33.4 Å². The van der Waals surface area contributed by atoms with Gasteiger partial charge in [-0.1, -0.05) is 182 Å². The fourth-order valence-electron chi connectivity index (χ4n) is 9.83. The van der Waals surface area contributed by atoms with E-state index in [1.165, 1.54) is 50.1 Å². The van der Waals surface area contributed by atoms with Crippen molar-refractivity contribution in [2.24, 2.45) is 0 Å². The molecular formula is C63H50N2. The van der Waals surface area contributed by atoms with E-state index < -0.39 is 5.41 Å². The molecule has 0 saturated carbocycles. The molecule has 0 amide bonds. The molecule has 9 aromatic carbocycles. The van der Waals surface area contributed by atoms with Gasteiger partial charge in [0.25, 0.3) is 0 Å². The highest BCUT2D eigenvalue weighted by molar-refractivity contribution is 5.91. The highest BCUT2D eigenvalue weighted by atomic mass is 15.2. The number of hydrogen-bond acceptors (Lipinski definition) is 2. The Balaban J connectivity index is 1.40. The summed E-state index contributed by atoms with van der Waals surface area (Å²) in [5.41, 5.74) is 19.7. The molecule has 0 spiro atoms. The fourth-order valence-corrected chi connectivity index (χ4v) is 9.83. The van der Waals surface area contributed by atoms with Gasteiger partial charge in [0.05, 0.1) is 5.41 Å². The van der Waals surface area contributed by atoms with Crippen LogP contribution in [0.3, 0.4) is 0 Å². The number of nitrogens with zero attached hydrogens (tertiary/aromatic N) is 2. The smallest absolute Gasteiger partial charge is 0.0715 e. The molecule has 10 rings (SSSR count). The lowest BCUT2D eigenvalue weighted by molar-refractivity contribution is 0.767. The normalized spacial score (nSPS) is 12.5. The largest absolute Gasteiger partial charge is 0.310 e. The lowest BCUT2D eigenvalue weighted by atomic mass is 9.66. The number of para-hydroxylation sites is 3. The SMILES string of the molecule is C=C/C=C(\C=C)N(c1ccccc1)c1cc(N(c2ccccc2)c2ccccc2)cc(C2(c3cc(-c4ccccc4)cc(-c4ccccc4)c3)c3cc(C)ccc3-c3ccc(C)cc32)c1. The minimum Gasteiger partial charge on any atom is -0.310 e. The van der Waals surface area contributed by atoms with Gasteiger partial charge >= 0.3 is 0 Å². The van der Waals surface area contributed by atoms with Crippen molar-refractivity contribution in [2.75, 3.05) is 9.80 Å². The molecule has 0 aliphatic heterocycles. The monoisotopic (exact) mass is 834 g/mol. The molecule has 2 nitrogen and oxygen atoms in total. The van der Waals surface area contributed by atoms with Crippen molar-refractivity contribution in [2.45, 2.75) is 19.3 Å². The zero-order chi connectivity index (χ0) is 44.3. The molecule has 0 bridgehead atoms. The van der Waals surface area contributed by atoms with E-state index in [9.17, 15) is 0 Å². The van der Waals surface area contributed by atoms with Gasteiger partial charge in [-0.15, -0.1) is 0 Å². The van der Waals surface area contributed by atoms with Crippen LogP contribution in [0.15, 0.2) is 262 Å². The second kappa shape index (κ2) is 17.5. The summed E-state index contributed by atoms with van der Waals surface area (Å²) >= 11 is 0. The van der Waals surface area contributed by atoms with E-state index in [0.717, 1.165) is 50.8 Å². The average Bonchev–Trinajstić information content (AvgIpc) is 3.64. The Bertz CT molecular complexity index is 3040. The second-order valence-corrected chi connectivity index (χ2v) is 16.8. The van der Waals surface area contributed by atoms with Crippen LogP contribution >= 0.6 is 0 Å². The van der Waals surface area contributed by atoms with Crippen molar-refractivity contribution in [3.8, 4) is 33.4 Å². The predicted octanol–water partition coefficient (Wildman–Crippen LogP) is 16.9. The average molecular weight is 835 g/mol. The summed E-state index contributed by atoms with van der Waals surface area (Å²) in [5.74, 6) is 0. The van der Waals surface area contributed by atoms with E-state index in [1.807, 2.05) is 18.2 Å². The first-order chi connectivity index (χ1) is 32.0. The minimum atomic E-state index is -0.778.